The predicted molar refractivity (Wildman–Crippen MR) is 55.3 cm³/mol. The van der Waals surface area contributed by atoms with Crippen molar-refractivity contribution in [2.75, 3.05) is 10.6 Å². The van der Waals surface area contributed by atoms with Gasteiger partial charge in [-0.1, -0.05) is 0 Å². The van der Waals surface area contributed by atoms with E-state index in [-0.39, 0.29) is 5.95 Å². The number of carbonyl (C=O) groups excluding carboxylic acids is 1. The molecule has 6 nitrogen and oxygen atoms in total. The first-order valence-corrected chi connectivity index (χ1v) is 4.65. The van der Waals surface area contributed by atoms with Crippen LogP contribution < -0.4 is 10.6 Å². The molecule has 1 heterocycles. The third-order valence-electron chi connectivity index (χ3n) is 1.93. The second-order valence-corrected chi connectivity index (χ2v) is 3.14. The number of amides is 2. The predicted octanol–water partition coefficient (Wildman–Crippen LogP) is 1.87. The molecule has 0 fully saturated rings. The molecule has 0 aliphatic carbocycles. The minimum absolute atomic E-state index is 0.0236. The first-order chi connectivity index (χ1) is 8.58. The summed E-state index contributed by atoms with van der Waals surface area (Å²) in [5.41, 5.74) is -0.495. The maximum atomic E-state index is 13.2. The van der Waals surface area contributed by atoms with Gasteiger partial charge in [0, 0.05) is 0 Å². The van der Waals surface area contributed by atoms with E-state index in [0.29, 0.717) is 6.07 Å². The number of benzene rings is 1. The summed E-state index contributed by atoms with van der Waals surface area (Å²) in [6, 6.07) is 0.715. The Morgan fingerprint density at radius 1 is 1.17 bits per heavy atom. The molecule has 9 heteroatoms. The summed E-state index contributed by atoms with van der Waals surface area (Å²) in [6.07, 6.45) is 1.15. The summed E-state index contributed by atoms with van der Waals surface area (Å²) in [5.74, 6) is -4.46. The topological polar surface area (TPSA) is 82.7 Å². The van der Waals surface area contributed by atoms with Crippen molar-refractivity contribution in [3.05, 3.63) is 35.9 Å². The van der Waals surface area contributed by atoms with Crippen molar-refractivity contribution in [1.82, 2.24) is 15.2 Å². The lowest BCUT2D eigenvalue weighted by Gasteiger charge is -2.07. The average Bonchev–Trinajstić information content (AvgIpc) is 2.83. The number of halogens is 3. The standard InChI is InChI=1S/C9H6F3N5O/c10-4-1-2-5(7(12)6(4)11)15-9(18)16-8-13-3-14-17-8/h1-3H,(H3,13,14,15,16,17,18). The van der Waals surface area contributed by atoms with E-state index in [2.05, 4.69) is 20.5 Å². The average molecular weight is 257 g/mol. The van der Waals surface area contributed by atoms with Crippen molar-refractivity contribution in [3.63, 3.8) is 0 Å². The van der Waals surface area contributed by atoms with Crippen LogP contribution in [0.5, 0.6) is 0 Å². The van der Waals surface area contributed by atoms with Crippen LogP contribution in [0.15, 0.2) is 18.5 Å². The van der Waals surface area contributed by atoms with E-state index >= 15 is 0 Å². The lowest BCUT2D eigenvalue weighted by Crippen LogP contribution is -2.21. The lowest BCUT2D eigenvalue weighted by atomic mass is 10.3. The van der Waals surface area contributed by atoms with Crippen LogP contribution >= 0.6 is 0 Å². The van der Waals surface area contributed by atoms with Crippen molar-refractivity contribution in [2.24, 2.45) is 0 Å². The molecule has 2 rings (SSSR count). The van der Waals surface area contributed by atoms with Crippen LogP contribution in [0.4, 0.5) is 29.6 Å². The third kappa shape index (κ3) is 2.39. The molecule has 94 valence electrons. The van der Waals surface area contributed by atoms with Crippen molar-refractivity contribution < 1.29 is 18.0 Å². The van der Waals surface area contributed by atoms with Crippen molar-refractivity contribution in [3.8, 4) is 0 Å². The minimum Gasteiger partial charge on any atom is -0.305 e. The molecule has 0 saturated heterocycles. The second-order valence-electron chi connectivity index (χ2n) is 3.14. The minimum atomic E-state index is -1.66. The Labute approximate surface area is 98.2 Å². The molecule has 2 amide bonds. The van der Waals surface area contributed by atoms with E-state index in [9.17, 15) is 18.0 Å². The molecule has 2 aromatic rings. The summed E-state index contributed by atoms with van der Waals surface area (Å²) in [5, 5.41) is 9.96. The maximum Gasteiger partial charge on any atom is 0.326 e. The summed E-state index contributed by atoms with van der Waals surface area (Å²) in [6.45, 7) is 0. The van der Waals surface area contributed by atoms with E-state index in [1.165, 1.54) is 0 Å². The zero-order valence-corrected chi connectivity index (χ0v) is 8.67. The highest BCUT2D eigenvalue weighted by Crippen LogP contribution is 2.19. The van der Waals surface area contributed by atoms with Gasteiger partial charge in [0.25, 0.3) is 0 Å². The van der Waals surface area contributed by atoms with Gasteiger partial charge in [0.05, 0.1) is 5.69 Å². The lowest BCUT2D eigenvalue weighted by molar-refractivity contribution is 0.262. The fraction of sp³-hybridized carbons (Fsp3) is 0. The van der Waals surface area contributed by atoms with Gasteiger partial charge < -0.3 is 5.32 Å². The van der Waals surface area contributed by atoms with Crippen LogP contribution in [-0.4, -0.2) is 21.2 Å². The van der Waals surface area contributed by atoms with E-state index in [1.54, 1.807) is 0 Å². The summed E-state index contributed by atoms with van der Waals surface area (Å²) < 4.78 is 38.7. The highest BCUT2D eigenvalue weighted by atomic mass is 19.2. The Morgan fingerprint density at radius 2 is 1.94 bits per heavy atom. The zero-order valence-electron chi connectivity index (χ0n) is 8.67. The molecule has 1 aromatic carbocycles. The van der Waals surface area contributed by atoms with E-state index in [4.69, 9.17) is 0 Å². The molecule has 0 aliphatic heterocycles. The highest BCUT2D eigenvalue weighted by molar-refractivity contribution is 5.98. The van der Waals surface area contributed by atoms with Crippen molar-refractivity contribution >= 4 is 17.7 Å². The van der Waals surface area contributed by atoms with Crippen LogP contribution in [0.1, 0.15) is 0 Å². The van der Waals surface area contributed by atoms with Gasteiger partial charge in [-0.05, 0) is 12.1 Å². The number of H-pyrrole nitrogens is 1. The quantitative estimate of drug-likeness (QED) is 0.718. The van der Waals surface area contributed by atoms with Gasteiger partial charge in [-0.2, -0.15) is 10.1 Å². The maximum absolute atomic E-state index is 13.2. The monoisotopic (exact) mass is 257 g/mol. The number of nitrogens with zero attached hydrogens (tertiary/aromatic N) is 2. The molecule has 0 aliphatic rings. The normalized spacial score (nSPS) is 10.2. The largest absolute Gasteiger partial charge is 0.326 e. The Kier molecular flexibility index (Phi) is 3.13. The van der Waals surface area contributed by atoms with E-state index in [0.717, 1.165) is 12.4 Å². The molecule has 1 aromatic heterocycles. The molecule has 3 N–H and O–H groups in total. The molecule has 0 atom stereocenters. The number of rotatable bonds is 2. The fourth-order valence-corrected chi connectivity index (χ4v) is 1.15. The first kappa shape index (κ1) is 11.9. The summed E-state index contributed by atoms with van der Waals surface area (Å²) in [7, 11) is 0. The SMILES string of the molecule is O=C(Nc1ncn[nH]1)Nc1ccc(F)c(F)c1F. The van der Waals surface area contributed by atoms with Crippen molar-refractivity contribution in [2.45, 2.75) is 0 Å². The number of anilines is 2. The number of aromatic nitrogens is 3. The molecular formula is C9H6F3N5O. The molecule has 0 saturated carbocycles. The number of carbonyl (C=O) groups is 1. The number of urea groups is 1. The van der Waals surface area contributed by atoms with Gasteiger partial charge in [-0.15, -0.1) is 0 Å². The molecule has 0 radical (unpaired) electrons. The van der Waals surface area contributed by atoms with Gasteiger partial charge in [0.1, 0.15) is 6.33 Å². The van der Waals surface area contributed by atoms with Gasteiger partial charge in [0.15, 0.2) is 17.5 Å². The van der Waals surface area contributed by atoms with Crippen LogP contribution in [-0.2, 0) is 0 Å². The Hall–Kier alpha value is -2.58. The molecule has 18 heavy (non-hydrogen) atoms. The second kappa shape index (κ2) is 4.73. The van der Waals surface area contributed by atoms with E-state index < -0.39 is 29.2 Å². The molecule has 0 spiro atoms. The van der Waals surface area contributed by atoms with Crippen molar-refractivity contribution in [1.29, 1.82) is 0 Å². The van der Waals surface area contributed by atoms with E-state index in [1.807, 2.05) is 5.32 Å². The Morgan fingerprint density at radius 3 is 2.61 bits per heavy atom. The van der Waals surface area contributed by atoms with Gasteiger partial charge in [-0.3, -0.25) is 5.32 Å². The molecule has 0 unspecified atom stereocenters. The Balaban J connectivity index is 2.10. The third-order valence-corrected chi connectivity index (χ3v) is 1.93. The zero-order chi connectivity index (χ0) is 13.1. The van der Waals surface area contributed by atoms with Gasteiger partial charge >= 0.3 is 6.03 Å². The molecule has 0 bridgehead atoms. The number of hydrogen-bond acceptors (Lipinski definition) is 3. The first-order valence-electron chi connectivity index (χ1n) is 4.65. The van der Waals surface area contributed by atoms with Crippen LogP contribution in [0, 0.1) is 17.5 Å². The Bertz CT molecular complexity index is 572. The number of hydrogen-bond donors (Lipinski definition) is 3. The highest BCUT2D eigenvalue weighted by Gasteiger charge is 2.15. The smallest absolute Gasteiger partial charge is 0.305 e. The van der Waals surface area contributed by atoms with Crippen LogP contribution in [0.25, 0.3) is 0 Å². The van der Waals surface area contributed by atoms with Crippen LogP contribution in [0.2, 0.25) is 0 Å². The summed E-state index contributed by atoms with van der Waals surface area (Å²) >= 11 is 0. The number of nitrogens with one attached hydrogen (secondary N) is 3. The number of aromatic amines is 1. The summed E-state index contributed by atoms with van der Waals surface area (Å²) in [4.78, 5) is 14.9. The van der Waals surface area contributed by atoms with Gasteiger partial charge in [-0.25, -0.2) is 23.1 Å². The van der Waals surface area contributed by atoms with Gasteiger partial charge in [0.2, 0.25) is 5.95 Å². The fourth-order valence-electron chi connectivity index (χ4n) is 1.15. The van der Waals surface area contributed by atoms with Crippen LogP contribution in [0.3, 0.4) is 0 Å². The molecular weight excluding hydrogens is 251 g/mol.